The lowest BCUT2D eigenvalue weighted by Gasteiger charge is -2.27. The minimum absolute atomic E-state index is 0.357. The van der Waals surface area contributed by atoms with Gasteiger partial charge in [0.25, 0.3) is 0 Å². The molecule has 51 heavy (non-hydrogen) atoms. The second kappa shape index (κ2) is 40.0. The molecule has 5 N–H and O–H groups in total. The van der Waals surface area contributed by atoms with Crippen molar-refractivity contribution in [2.24, 2.45) is 0 Å². The fourth-order valence-corrected chi connectivity index (χ4v) is 6.81. The van der Waals surface area contributed by atoms with Gasteiger partial charge in [0, 0.05) is 0 Å². The van der Waals surface area contributed by atoms with E-state index in [1.807, 2.05) is 0 Å². The third-order valence-corrected chi connectivity index (χ3v) is 10.4. The molecule has 0 fully saturated rings. The molecule has 0 bridgehead atoms. The van der Waals surface area contributed by atoms with Crippen LogP contribution in [0, 0.1) is 0 Å². The van der Waals surface area contributed by atoms with Crippen molar-refractivity contribution >= 4 is 5.91 Å². The third-order valence-electron chi connectivity index (χ3n) is 10.4. The van der Waals surface area contributed by atoms with Crippen LogP contribution in [-0.2, 0) is 4.79 Å². The SMILES string of the molecule is CCCCCCCC/C=C\CCCCCCCCC(O)C(=O)NC(CO)C(O)C(O)CCC/C=C/CCCCCCCCCCCCCCCC. The maximum Gasteiger partial charge on any atom is 0.249 e. The first-order valence-electron chi connectivity index (χ1n) is 22.2. The molecule has 4 atom stereocenters. The first-order chi connectivity index (χ1) is 25.0. The maximum absolute atomic E-state index is 12.5. The Labute approximate surface area is 316 Å². The van der Waals surface area contributed by atoms with Crippen molar-refractivity contribution in [2.75, 3.05) is 6.61 Å². The van der Waals surface area contributed by atoms with E-state index >= 15 is 0 Å². The van der Waals surface area contributed by atoms with Crippen LogP contribution in [0.2, 0.25) is 0 Å². The summed E-state index contributed by atoms with van der Waals surface area (Å²) >= 11 is 0. The number of nitrogens with one attached hydrogen (secondary N) is 1. The van der Waals surface area contributed by atoms with E-state index in [1.54, 1.807) is 0 Å². The molecule has 0 aliphatic rings. The average Bonchev–Trinajstić information content (AvgIpc) is 3.13. The van der Waals surface area contributed by atoms with Gasteiger partial charge in [0.1, 0.15) is 12.2 Å². The fraction of sp³-hybridized carbons (Fsp3) is 0.889. The second-order valence-electron chi connectivity index (χ2n) is 15.4. The summed E-state index contributed by atoms with van der Waals surface area (Å²) in [5.41, 5.74) is 0. The van der Waals surface area contributed by atoms with Crippen LogP contribution in [0.4, 0.5) is 0 Å². The first-order valence-corrected chi connectivity index (χ1v) is 22.2. The van der Waals surface area contributed by atoms with Crippen LogP contribution < -0.4 is 5.32 Å². The van der Waals surface area contributed by atoms with Crippen LogP contribution in [0.3, 0.4) is 0 Å². The average molecular weight is 722 g/mol. The van der Waals surface area contributed by atoms with Gasteiger partial charge in [0.2, 0.25) is 5.91 Å². The van der Waals surface area contributed by atoms with Crippen molar-refractivity contribution in [3.05, 3.63) is 24.3 Å². The topological polar surface area (TPSA) is 110 Å². The van der Waals surface area contributed by atoms with Gasteiger partial charge in [-0.05, 0) is 64.2 Å². The quantitative estimate of drug-likeness (QED) is 0.0320. The highest BCUT2D eigenvalue weighted by molar-refractivity contribution is 5.80. The Morgan fingerprint density at radius 1 is 0.471 bits per heavy atom. The highest BCUT2D eigenvalue weighted by Gasteiger charge is 2.28. The minimum atomic E-state index is -1.28. The van der Waals surface area contributed by atoms with Crippen LogP contribution in [0.15, 0.2) is 24.3 Å². The molecule has 0 saturated heterocycles. The largest absolute Gasteiger partial charge is 0.394 e. The molecule has 0 aromatic heterocycles. The van der Waals surface area contributed by atoms with Gasteiger partial charge >= 0.3 is 0 Å². The van der Waals surface area contributed by atoms with Gasteiger partial charge in [-0.25, -0.2) is 0 Å². The zero-order chi connectivity index (χ0) is 37.5. The predicted molar refractivity (Wildman–Crippen MR) is 219 cm³/mol. The highest BCUT2D eigenvalue weighted by Crippen LogP contribution is 2.15. The summed E-state index contributed by atoms with van der Waals surface area (Å²) < 4.78 is 0. The second-order valence-corrected chi connectivity index (χ2v) is 15.4. The van der Waals surface area contributed by atoms with Gasteiger partial charge in [0.15, 0.2) is 0 Å². The Balaban J connectivity index is 3.78. The molecule has 0 aromatic rings. The lowest BCUT2D eigenvalue weighted by atomic mass is 10.00. The summed E-state index contributed by atoms with van der Waals surface area (Å²) in [5, 5.41) is 43.6. The maximum atomic E-state index is 12.5. The van der Waals surface area contributed by atoms with Crippen molar-refractivity contribution in [1.29, 1.82) is 0 Å². The number of carbonyl (C=O) groups is 1. The number of aliphatic hydroxyl groups is 4. The van der Waals surface area contributed by atoms with E-state index in [1.165, 1.54) is 154 Å². The fourth-order valence-electron chi connectivity index (χ4n) is 6.81. The van der Waals surface area contributed by atoms with Crippen LogP contribution >= 0.6 is 0 Å². The van der Waals surface area contributed by atoms with Crippen molar-refractivity contribution < 1.29 is 25.2 Å². The molecule has 0 aromatic carbocycles. The van der Waals surface area contributed by atoms with E-state index < -0.39 is 36.9 Å². The lowest BCUT2D eigenvalue weighted by Crippen LogP contribution is -2.53. The van der Waals surface area contributed by atoms with Crippen molar-refractivity contribution in [2.45, 2.75) is 250 Å². The van der Waals surface area contributed by atoms with Crippen LogP contribution in [-0.4, -0.2) is 57.3 Å². The van der Waals surface area contributed by atoms with Gasteiger partial charge in [0.05, 0.1) is 18.8 Å². The van der Waals surface area contributed by atoms with Crippen molar-refractivity contribution in [3.63, 3.8) is 0 Å². The van der Waals surface area contributed by atoms with Crippen molar-refractivity contribution in [3.8, 4) is 0 Å². The van der Waals surface area contributed by atoms with Gasteiger partial charge in [-0.3, -0.25) is 4.79 Å². The van der Waals surface area contributed by atoms with Gasteiger partial charge in [-0.2, -0.15) is 0 Å². The van der Waals surface area contributed by atoms with Crippen LogP contribution in [0.1, 0.15) is 226 Å². The third kappa shape index (κ3) is 34.3. The molecule has 0 aliphatic heterocycles. The molecule has 6 nitrogen and oxygen atoms in total. The number of aliphatic hydroxyl groups excluding tert-OH is 4. The molecular formula is C45H87NO5. The molecule has 0 saturated carbocycles. The zero-order valence-electron chi connectivity index (χ0n) is 33.9. The van der Waals surface area contributed by atoms with E-state index in [0.29, 0.717) is 12.8 Å². The summed E-state index contributed by atoms with van der Waals surface area (Å²) in [6, 6.07) is -1.00. The summed E-state index contributed by atoms with van der Waals surface area (Å²) in [6.45, 7) is 4.04. The molecule has 1 amide bonds. The standard InChI is InChI=1S/C45H87NO5/c1-3-5-7-9-11-13-15-17-19-21-22-23-25-26-28-30-32-34-36-38-42(48)44(50)41(40-47)46-45(51)43(49)39-37-35-33-31-29-27-24-20-18-16-14-12-10-8-6-4-2/h18,20,30,32,41-44,47-50H,3-17,19,21-29,31,33-40H2,1-2H3,(H,46,51)/b20-18-,32-30+. The first kappa shape index (κ1) is 49.8. The molecule has 0 spiro atoms. The smallest absolute Gasteiger partial charge is 0.249 e. The molecule has 6 heteroatoms. The molecule has 0 rings (SSSR count). The Hall–Kier alpha value is -1.21. The molecule has 0 heterocycles. The van der Waals surface area contributed by atoms with E-state index in [4.69, 9.17) is 0 Å². The number of hydrogen-bond acceptors (Lipinski definition) is 5. The molecule has 302 valence electrons. The minimum Gasteiger partial charge on any atom is -0.394 e. The van der Waals surface area contributed by atoms with E-state index in [9.17, 15) is 25.2 Å². The van der Waals surface area contributed by atoms with Crippen molar-refractivity contribution in [1.82, 2.24) is 5.32 Å². The van der Waals surface area contributed by atoms with Gasteiger partial charge in [-0.1, -0.05) is 186 Å². The lowest BCUT2D eigenvalue weighted by molar-refractivity contribution is -0.132. The number of unbranched alkanes of at least 4 members (excludes halogenated alkanes) is 27. The monoisotopic (exact) mass is 722 g/mol. The number of carbonyl (C=O) groups excluding carboxylic acids is 1. The van der Waals surface area contributed by atoms with E-state index in [-0.39, 0.29) is 0 Å². The predicted octanol–water partition coefficient (Wildman–Crippen LogP) is 11.6. The van der Waals surface area contributed by atoms with Gasteiger partial charge in [-0.15, -0.1) is 0 Å². The van der Waals surface area contributed by atoms with Crippen LogP contribution in [0.5, 0.6) is 0 Å². The summed E-state index contributed by atoms with van der Waals surface area (Å²) in [6.07, 6.45) is 44.9. The Morgan fingerprint density at radius 2 is 0.804 bits per heavy atom. The molecule has 0 radical (unpaired) electrons. The Kier molecular flexibility index (Phi) is 39.0. The number of hydrogen-bond donors (Lipinski definition) is 5. The zero-order valence-corrected chi connectivity index (χ0v) is 33.9. The summed E-state index contributed by atoms with van der Waals surface area (Å²) in [4.78, 5) is 12.5. The highest BCUT2D eigenvalue weighted by atomic mass is 16.3. The van der Waals surface area contributed by atoms with Crippen LogP contribution in [0.25, 0.3) is 0 Å². The molecule has 0 aliphatic carbocycles. The van der Waals surface area contributed by atoms with E-state index in [0.717, 1.165) is 44.9 Å². The van der Waals surface area contributed by atoms with Gasteiger partial charge < -0.3 is 25.7 Å². The normalized spacial score (nSPS) is 14.4. The summed E-state index contributed by atoms with van der Waals surface area (Å²) in [7, 11) is 0. The summed E-state index contributed by atoms with van der Waals surface area (Å²) in [5.74, 6) is -0.598. The Bertz CT molecular complexity index is 772. The Morgan fingerprint density at radius 3 is 1.18 bits per heavy atom. The molecular weight excluding hydrogens is 634 g/mol. The number of amides is 1. The van der Waals surface area contributed by atoms with E-state index in [2.05, 4.69) is 43.5 Å². The number of allylic oxidation sites excluding steroid dienone is 4. The number of rotatable bonds is 40. The molecule has 4 unspecified atom stereocenters.